The third-order valence-electron chi connectivity index (χ3n) is 20.4. The lowest BCUT2D eigenvalue weighted by Gasteiger charge is -2.17. The maximum atomic E-state index is 13.6. The van der Waals surface area contributed by atoms with Crippen LogP contribution in [0.5, 0.6) is 0 Å². The Kier molecular flexibility index (Phi) is 27.5. The fourth-order valence-corrected chi connectivity index (χ4v) is 15.9. The van der Waals surface area contributed by atoms with Gasteiger partial charge in [0.05, 0.1) is 59.3 Å². The van der Waals surface area contributed by atoms with Crippen LogP contribution in [0.25, 0.3) is 111 Å². The van der Waals surface area contributed by atoms with Crippen LogP contribution >= 0.6 is 58.0 Å². The second-order valence-electron chi connectivity index (χ2n) is 26.8. The molecule has 15 rings (SSSR count). The molecule has 113 heavy (non-hydrogen) atoms. The molecule has 23 nitrogen and oxygen atoms in total. The number of pyridine rings is 5. The summed E-state index contributed by atoms with van der Waals surface area (Å²) in [5.74, 6) is -0.351. The SMILES string of the molecule is CCC(CC)n1c(=O)[nH]c2ncc(Cl)c(-c3ccc(C#N)cc3)c21.CCC(CC)n1c(=O)[nH]c2ncc(Cl)c(-c3cccc(Cl)c3)c21.CCC(CC)n1c(=O)[nH]c2ncc(Cl)c(-c3cccc(F)c3)c21.CCC(CC)n1c(=O)[nH]c2ncc(Cl)c(-c3cncnc3)c21.CCC(CC)n1c(=O)[nH]c2nccc(-c3ccccc3)c21. The number of nitriles is 1. The highest BCUT2D eigenvalue weighted by Gasteiger charge is 2.27. The van der Waals surface area contributed by atoms with Gasteiger partial charge in [0.25, 0.3) is 0 Å². The zero-order valence-electron chi connectivity index (χ0n) is 64.1. The van der Waals surface area contributed by atoms with Crippen molar-refractivity contribution in [1.29, 1.82) is 5.26 Å². The minimum atomic E-state index is -0.351. The molecule has 11 aromatic heterocycles. The Bertz CT molecular complexity index is 6040. The van der Waals surface area contributed by atoms with Gasteiger partial charge in [0, 0.05) is 112 Å². The van der Waals surface area contributed by atoms with Crippen LogP contribution in [0.1, 0.15) is 169 Å². The first kappa shape index (κ1) is 82.9. The molecule has 0 saturated heterocycles. The van der Waals surface area contributed by atoms with E-state index in [0.29, 0.717) is 86.6 Å². The first-order valence-corrected chi connectivity index (χ1v) is 39.6. The van der Waals surface area contributed by atoms with E-state index in [0.717, 1.165) is 120 Å². The van der Waals surface area contributed by atoms with Gasteiger partial charge in [0.1, 0.15) is 12.1 Å². The molecule has 584 valence electrons. The van der Waals surface area contributed by atoms with Gasteiger partial charge in [-0.05, 0) is 129 Å². The van der Waals surface area contributed by atoms with Gasteiger partial charge in [-0.15, -0.1) is 0 Å². The first-order valence-electron chi connectivity index (χ1n) is 37.7. The Labute approximate surface area is 674 Å². The number of H-pyrrole nitrogens is 5. The minimum absolute atomic E-state index is 0.0313. The Hall–Kier alpha value is -11.1. The number of rotatable bonds is 20. The molecule has 29 heteroatoms. The Morgan fingerprint density at radius 3 is 1.04 bits per heavy atom. The van der Waals surface area contributed by atoms with Crippen molar-refractivity contribution in [2.24, 2.45) is 0 Å². The van der Waals surface area contributed by atoms with Crippen molar-refractivity contribution in [3.63, 3.8) is 0 Å². The van der Waals surface area contributed by atoms with Crippen LogP contribution in [-0.2, 0) is 0 Å². The summed E-state index contributed by atoms with van der Waals surface area (Å²) in [6.45, 7) is 20.6. The summed E-state index contributed by atoms with van der Waals surface area (Å²) in [4.78, 5) is 106. The predicted octanol–water partition coefficient (Wildman–Crippen LogP) is 20.8. The molecule has 0 fully saturated rings. The van der Waals surface area contributed by atoms with E-state index in [-0.39, 0.29) is 64.5 Å². The lowest BCUT2D eigenvalue weighted by molar-refractivity contribution is 0.471. The number of imidazole rings is 5. The molecule has 15 aromatic rings. The molecule has 0 aliphatic heterocycles. The fourth-order valence-electron chi connectivity index (χ4n) is 14.7. The van der Waals surface area contributed by atoms with E-state index in [2.05, 4.69) is 133 Å². The maximum Gasteiger partial charge on any atom is 0.327 e. The van der Waals surface area contributed by atoms with Gasteiger partial charge >= 0.3 is 28.4 Å². The van der Waals surface area contributed by atoms with Crippen molar-refractivity contribution in [3.8, 4) is 61.7 Å². The van der Waals surface area contributed by atoms with Crippen molar-refractivity contribution < 1.29 is 4.39 Å². The van der Waals surface area contributed by atoms with E-state index >= 15 is 0 Å². The van der Waals surface area contributed by atoms with Crippen LogP contribution in [0.2, 0.25) is 25.1 Å². The van der Waals surface area contributed by atoms with Crippen molar-refractivity contribution in [2.45, 2.75) is 164 Å². The molecule has 0 radical (unpaired) electrons. The monoisotopic (exact) mass is 1620 g/mol. The van der Waals surface area contributed by atoms with Crippen LogP contribution in [-0.4, -0.2) is 82.6 Å². The number of benzene rings is 4. The van der Waals surface area contributed by atoms with Gasteiger partial charge in [0.15, 0.2) is 28.2 Å². The number of hydrogen-bond acceptors (Lipinski definition) is 13. The number of aromatic amines is 5. The van der Waals surface area contributed by atoms with E-state index in [1.165, 1.54) is 24.7 Å². The zero-order valence-corrected chi connectivity index (χ0v) is 67.9. The van der Waals surface area contributed by atoms with Gasteiger partial charge in [0.2, 0.25) is 0 Å². The van der Waals surface area contributed by atoms with Gasteiger partial charge in [-0.3, -0.25) is 47.8 Å². The summed E-state index contributed by atoms with van der Waals surface area (Å²) in [7, 11) is 0. The van der Waals surface area contributed by atoms with Crippen LogP contribution in [0.3, 0.4) is 0 Å². The average Bonchev–Trinajstić information content (AvgIpc) is 1.67. The van der Waals surface area contributed by atoms with Gasteiger partial charge in [-0.25, -0.2) is 63.3 Å². The van der Waals surface area contributed by atoms with Crippen molar-refractivity contribution in [2.75, 3.05) is 0 Å². The van der Waals surface area contributed by atoms with E-state index in [1.807, 2.05) is 79.1 Å². The van der Waals surface area contributed by atoms with Crippen LogP contribution in [0.15, 0.2) is 183 Å². The summed E-state index contributed by atoms with van der Waals surface area (Å²) in [6.07, 6.45) is 21.2. The molecule has 0 bridgehead atoms. The average molecular weight is 1620 g/mol. The van der Waals surface area contributed by atoms with Crippen molar-refractivity contribution >= 4 is 114 Å². The number of aromatic nitrogens is 17. The largest absolute Gasteiger partial charge is 0.327 e. The van der Waals surface area contributed by atoms with E-state index in [9.17, 15) is 28.4 Å². The molecule has 0 spiro atoms. The number of fused-ring (bicyclic) bond motifs is 5. The second kappa shape index (κ2) is 37.5. The Morgan fingerprint density at radius 1 is 0.363 bits per heavy atom. The van der Waals surface area contributed by atoms with Crippen molar-refractivity contribution in [1.82, 2.24) is 82.6 Å². The molecule has 4 aromatic carbocycles. The first-order chi connectivity index (χ1) is 54.7. The molecule has 0 atom stereocenters. The molecule has 5 N–H and O–H groups in total. The predicted molar refractivity (Wildman–Crippen MR) is 452 cm³/mol. The highest BCUT2D eigenvalue weighted by molar-refractivity contribution is 6.36. The summed E-state index contributed by atoms with van der Waals surface area (Å²) in [6, 6.07) is 35.5. The topological polar surface area (TPSA) is 303 Å². The number of nitrogens with zero attached hydrogens (tertiary/aromatic N) is 13. The molecule has 0 amide bonds. The number of hydrogen-bond donors (Lipinski definition) is 5. The van der Waals surface area contributed by atoms with Crippen LogP contribution in [0, 0.1) is 17.1 Å². The van der Waals surface area contributed by atoms with Gasteiger partial charge in [-0.2, -0.15) is 5.26 Å². The lowest BCUT2D eigenvalue weighted by Crippen LogP contribution is -2.21. The summed E-state index contributed by atoms with van der Waals surface area (Å²) >= 11 is 31.7. The summed E-state index contributed by atoms with van der Waals surface area (Å²) in [5.41, 5.74) is 14.3. The van der Waals surface area contributed by atoms with Gasteiger partial charge < -0.3 is 0 Å². The highest BCUT2D eigenvalue weighted by atomic mass is 35.5. The van der Waals surface area contributed by atoms with E-state index < -0.39 is 0 Å². The third-order valence-corrected chi connectivity index (χ3v) is 21.8. The molecule has 0 aliphatic rings. The molecule has 11 heterocycles. The molecule has 0 unspecified atom stereocenters. The molecular weight excluding hydrogens is 1540 g/mol. The maximum absolute atomic E-state index is 13.6. The van der Waals surface area contributed by atoms with E-state index in [1.54, 1.807) is 79.7 Å². The minimum Gasteiger partial charge on any atom is -0.290 e. The Morgan fingerprint density at radius 2 is 0.690 bits per heavy atom. The van der Waals surface area contributed by atoms with E-state index in [4.69, 9.17) is 63.3 Å². The fraction of sp³-hybridized carbons (Fsp3) is 0.298. The number of halogens is 6. The molecule has 0 saturated carbocycles. The highest BCUT2D eigenvalue weighted by Crippen LogP contribution is 2.41. The normalized spacial score (nSPS) is 11.4. The second-order valence-corrected chi connectivity index (χ2v) is 28.9. The van der Waals surface area contributed by atoms with Gasteiger partial charge in [-0.1, -0.05) is 194 Å². The summed E-state index contributed by atoms with van der Waals surface area (Å²) in [5, 5.41) is 11.4. The zero-order chi connectivity index (χ0) is 80.9. The summed E-state index contributed by atoms with van der Waals surface area (Å²) < 4.78 is 22.5. The lowest BCUT2D eigenvalue weighted by atomic mass is 10.0. The number of nitrogens with one attached hydrogen (secondary N) is 5. The Balaban J connectivity index is 0.000000140. The van der Waals surface area contributed by atoms with Crippen molar-refractivity contribution in [3.05, 3.63) is 248 Å². The smallest absolute Gasteiger partial charge is 0.290 e. The third kappa shape index (κ3) is 17.3. The standard InChI is InChI=1S/C18H17ClN4O.C17H17Cl2N3O.C17H17ClFN3O.C17H19N3O.C15H16ClN5O/c1-3-13(4-2)23-16-15(12-7-5-11(9-20)6-8-12)14(19)10-21-17(16)22-18(23)24;1-3-12(4-2)22-15-14(10-6-5-7-11(18)8-10)13(19)9-20-16(15)21-17(22)23;1-3-12(4-2)22-15-14(10-6-5-7-11(19)8-10)13(18)9-20-16(15)21-17(22)23;1-3-13(4-2)20-15-14(12-8-6-5-7-9-12)10-11-18-16(15)19-17(20)21;1-3-10(4-2)21-13-12(9-5-17-8-18-6-9)11(16)7-19-14(13)20-15(21)22/h5-8,10,13H,3-4H2,1-2H3,(H,21,22,24);2*5-9,12H,3-4H2,1-2H3,(H,20,21,23);5-11,13H,3-4H2,1-2H3,(H,18,19,21);5-8,10H,3-4H2,1-2H3,(H,19,20,22). The van der Waals surface area contributed by atoms with Crippen LogP contribution in [0.4, 0.5) is 4.39 Å². The molecule has 0 aliphatic carbocycles. The quantitative estimate of drug-likeness (QED) is 0.0475. The van der Waals surface area contributed by atoms with Crippen LogP contribution < -0.4 is 28.4 Å². The molecular formula is C84H86Cl5FN18O5.